The van der Waals surface area contributed by atoms with E-state index in [4.69, 9.17) is 10.5 Å². The number of nitrogen functional groups attached to an aromatic ring is 1. The van der Waals surface area contributed by atoms with Gasteiger partial charge in [-0.2, -0.15) is 0 Å². The molecule has 6 heteroatoms. The maximum atomic E-state index is 5.64. The normalized spacial score (nSPS) is 10.5. The summed E-state index contributed by atoms with van der Waals surface area (Å²) < 4.78 is 5.24. The summed E-state index contributed by atoms with van der Waals surface area (Å²) in [6, 6.07) is 0. The van der Waals surface area contributed by atoms with Gasteiger partial charge in [-0.1, -0.05) is 0 Å². The van der Waals surface area contributed by atoms with Gasteiger partial charge in [-0.3, -0.25) is 5.10 Å². The Kier molecular flexibility index (Phi) is 1.73. The van der Waals surface area contributed by atoms with E-state index in [0.29, 0.717) is 29.3 Å². The van der Waals surface area contributed by atoms with E-state index in [9.17, 15) is 0 Å². The number of anilines is 1. The lowest BCUT2D eigenvalue weighted by Crippen LogP contribution is -1.95. The first-order valence-corrected chi connectivity index (χ1v) is 3.90. The van der Waals surface area contributed by atoms with Gasteiger partial charge in [-0.05, 0) is 6.92 Å². The first-order valence-electron chi connectivity index (χ1n) is 3.90. The van der Waals surface area contributed by atoms with Gasteiger partial charge in [0.05, 0.1) is 6.61 Å². The van der Waals surface area contributed by atoms with Crippen LogP contribution < -0.4 is 10.5 Å². The molecule has 2 heterocycles. The lowest BCUT2D eigenvalue weighted by Gasteiger charge is -1.98. The van der Waals surface area contributed by atoms with E-state index in [1.54, 1.807) is 0 Å². The zero-order valence-corrected chi connectivity index (χ0v) is 7.11. The maximum absolute atomic E-state index is 5.64. The molecule has 0 atom stereocenters. The van der Waals surface area contributed by atoms with E-state index in [1.165, 1.54) is 6.33 Å². The zero-order chi connectivity index (χ0) is 9.26. The van der Waals surface area contributed by atoms with Crippen molar-refractivity contribution < 1.29 is 4.74 Å². The summed E-state index contributed by atoms with van der Waals surface area (Å²) in [4.78, 5) is 7.80. The van der Waals surface area contributed by atoms with Crippen molar-refractivity contribution in [1.29, 1.82) is 0 Å². The van der Waals surface area contributed by atoms with Crippen LogP contribution in [0, 0.1) is 0 Å². The third kappa shape index (κ3) is 1.16. The highest BCUT2D eigenvalue weighted by molar-refractivity contribution is 5.89. The molecule has 0 aromatic carbocycles. The molecule has 0 radical (unpaired) electrons. The predicted molar refractivity (Wildman–Crippen MR) is 47.3 cm³/mol. The minimum Gasteiger partial charge on any atom is -0.476 e. The molecule has 68 valence electrons. The first kappa shape index (κ1) is 7.78. The smallest absolute Gasteiger partial charge is 0.246 e. The van der Waals surface area contributed by atoms with Crippen molar-refractivity contribution in [3.63, 3.8) is 0 Å². The van der Waals surface area contributed by atoms with E-state index >= 15 is 0 Å². The Balaban J connectivity index is 2.64. The zero-order valence-electron chi connectivity index (χ0n) is 7.11. The topological polar surface area (TPSA) is 89.7 Å². The fourth-order valence-electron chi connectivity index (χ4n) is 1.10. The molecule has 2 aromatic rings. The van der Waals surface area contributed by atoms with E-state index in [-0.39, 0.29) is 0 Å². The van der Waals surface area contributed by atoms with Crippen LogP contribution in [0.3, 0.4) is 0 Å². The average Bonchev–Trinajstić information content (AvgIpc) is 2.51. The molecule has 2 rings (SSSR count). The van der Waals surface area contributed by atoms with E-state index in [2.05, 4.69) is 20.2 Å². The number of nitrogens with one attached hydrogen (secondary N) is 1. The van der Waals surface area contributed by atoms with Crippen LogP contribution >= 0.6 is 0 Å². The van der Waals surface area contributed by atoms with Crippen molar-refractivity contribution >= 4 is 16.9 Å². The molecule has 0 amide bonds. The minimum absolute atomic E-state index is 0.377. The number of nitrogens with zero attached hydrogens (tertiary/aromatic N) is 3. The molecule has 2 aromatic heterocycles. The van der Waals surface area contributed by atoms with Crippen LogP contribution in [0.2, 0.25) is 0 Å². The highest BCUT2D eigenvalue weighted by Gasteiger charge is 2.10. The molecular weight excluding hydrogens is 170 g/mol. The van der Waals surface area contributed by atoms with E-state index < -0.39 is 0 Å². The van der Waals surface area contributed by atoms with Gasteiger partial charge in [-0.15, -0.1) is 5.10 Å². The van der Waals surface area contributed by atoms with Crippen LogP contribution in [0.25, 0.3) is 11.0 Å². The molecule has 0 saturated heterocycles. The van der Waals surface area contributed by atoms with Crippen molar-refractivity contribution in [2.45, 2.75) is 6.92 Å². The Morgan fingerprint density at radius 2 is 2.38 bits per heavy atom. The van der Waals surface area contributed by atoms with Crippen LogP contribution in [0.1, 0.15) is 6.92 Å². The quantitative estimate of drug-likeness (QED) is 0.693. The summed E-state index contributed by atoms with van der Waals surface area (Å²) in [5.74, 6) is 0.831. The Hall–Kier alpha value is -1.85. The molecule has 0 bridgehead atoms. The van der Waals surface area contributed by atoms with Gasteiger partial charge in [0, 0.05) is 0 Å². The number of H-pyrrole nitrogens is 1. The Morgan fingerprint density at radius 3 is 3.15 bits per heavy atom. The molecule has 6 nitrogen and oxygen atoms in total. The van der Waals surface area contributed by atoms with Gasteiger partial charge in [0.15, 0.2) is 5.65 Å². The molecule has 13 heavy (non-hydrogen) atoms. The van der Waals surface area contributed by atoms with Crippen LogP contribution in [0.15, 0.2) is 6.33 Å². The van der Waals surface area contributed by atoms with Crippen LogP contribution in [-0.4, -0.2) is 26.8 Å². The summed E-state index contributed by atoms with van der Waals surface area (Å²) in [6.07, 6.45) is 1.38. The number of aromatic amines is 1. The molecule has 0 aliphatic carbocycles. The van der Waals surface area contributed by atoms with Gasteiger partial charge in [-0.25, -0.2) is 9.97 Å². The summed E-state index contributed by atoms with van der Waals surface area (Å²) >= 11 is 0. The van der Waals surface area contributed by atoms with Crippen LogP contribution in [0.4, 0.5) is 5.82 Å². The molecule has 0 aliphatic heterocycles. The van der Waals surface area contributed by atoms with Crippen molar-refractivity contribution in [3.05, 3.63) is 6.33 Å². The first-order chi connectivity index (χ1) is 6.33. The van der Waals surface area contributed by atoms with Crippen LogP contribution in [0.5, 0.6) is 5.88 Å². The standard InChI is InChI=1S/C7H9N5O/c1-2-13-7-4-5(8)9-3-10-6(4)11-12-7/h3H,2H2,1H3,(H3,8,9,10,11,12). The van der Waals surface area contributed by atoms with Gasteiger partial charge < -0.3 is 10.5 Å². The molecule has 0 fully saturated rings. The third-order valence-electron chi connectivity index (χ3n) is 1.63. The molecule has 0 saturated carbocycles. The Labute approximate surface area is 74.1 Å². The van der Waals surface area contributed by atoms with Crippen molar-refractivity contribution in [1.82, 2.24) is 20.2 Å². The number of ether oxygens (including phenoxy) is 1. The lowest BCUT2D eigenvalue weighted by atomic mass is 10.4. The maximum Gasteiger partial charge on any atom is 0.246 e. The Morgan fingerprint density at radius 1 is 1.54 bits per heavy atom. The highest BCUT2D eigenvalue weighted by Crippen LogP contribution is 2.24. The molecule has 0 unspecified atom stereocenters. The molecule has 3 N–H and O–H groups in total. The van der Waals surface area contributed by atoms with E-state index in [0.717, 1.165) is 0 Å². The predicted octanol–water partition coefficient (Wildman–Crippen LogP) is 0.334. The highest BCUT2D eigenvalue weighted by atomic mass is 16.5. The van der Waals surface area contributed by atoms with E-state index in [1.807, 2.05) is 6.92 Å². The van der Waals surface area contributed by atoms with Crippen LogP contribution in [-0.2, 0) is 0 Å². The van der Waals surface area contributed by atoms with Gasteiger partial charge in [0.2, 0.25) is 5.88 Å². The van der Waals surface area contributed by atoms with Gasteiger partial charge >= 0.3 is 0 Å². The minimum atomic E-state index is 0.377. The summed E-state index contributed by atoms with van der Waals surface area (Å²) in [5, 5.41) is 7.27. The third-order valence-corrected chi connectivity index (χ3v) is 1.63. The lowest BCUT2D eigenvalue weighted by molar-refractivity contribution is 0.330. The largest absolute Gasteiger partial charge is 0.476 e. The fourth-order valence-corrected chi connectivity index (χ4v) is 1.10. The number of aromatic nitrogens is 4. The second-order valence-corrected chi connectivity index (χ2v) is 2.44. The number of fused-ring (bicyclic) bond motifs is 1. The summed E-state index contributed by atoms with van der Waals surface area (Å²) in [6.45, 7) is 2.41. The second-order valence-electron chi connectivity index (χ2n) is 2.44. The van der Waals surface area contributed by atoms with Crippen molar-refractivity contribution in [3.8, 4) is 5.88 Å². The number of nitrogens with two attached hydrogens (primary N) is 1. The Bertz CT molecular complexity index is 424. The average molecular weight is 179 g/mol. The number of hydrogen-bond donors (Lipinski definition) is 2. The summed E-state index contributed by atoms with van der Waals surface area (Å²) in [5.41, 5.74) is 6.23. The molecule has 0 spiro atoms. The summed E-state index contributed by atoms with van der Waals surface area (Å²) in [7, 11) is 0. The number of hydrogen-bond acceptors (Lipinski definition) is 5. The van der Waals surface area contributed by atoms with Crippen molar-refractivity contribution in [2.24, 2.45) is 0 Å². The molecule has 0 aliphatic rings. The molecular formula is C7H9N5O. The number of rotatable bonds is 2. The second kappa shape index (κ2) is 2.89. The van der Waals surface area contributed by atoms with Gasteiger partial charge in [0.25, 0.3) is 0 Å². The SMILES string of the molecule is CCOc1n[nH]c2ncnc(N)c12. The van der Waals surface area contributed by atoms with Crippen molar-refractivity contribution in [2.75, 3.05) is 12.3 Å². The van der Waals surface area contributed by atoms with Gasteiger partial charge in [0.1, 0.15) is 17.5 Å². The fraction of sp³-hybridized carbons (Fsp3) is 0.286. The monoisotopic (exact) mass is 179 g/mol.